The zero-order chi connectivity index (χ0) is 14.9. The molecule has 116 valence electrons. The number of hydrogen-bond donors (Lipinski definition) is 1. The predicted molar refractivity (Wildman–Crippen MR) is 80.7 cm³/mol. The SMILES string of the molecule is CC1CCS(=O)(=O)CC(c2ccc3c(c2)OCCCO3)N1. The van der Waals surface area contributed by atoms with E-state index in [0.29, 0.717) is 25.4 Å². The van der Waals surface area contributed by atoms with Crippen LogP contribution in [0.1, 0.15) is 31.4 Å². The number of benzene rings is 1. The second-order valence-electron chi connectivity index (χ2n) is 5.78. The number of rotatable bonds is 1. The number of fused-ring (bicyclic) bond motifs is 1. The van der Waals surface area contributed by atoms with Crippen molar-refractivity contribution in [1.29, 1.82) is 0 Å². The van der Waals surface area contributed by atoms with Crippen molar-refractivity contribution in [3.05, 3.63) is 23.8 Å². The lowest BCUT2D eigenvalue weighted by atomic mass is 10.1. The molecule has 2 aliphatic heterocycles. The lowest BCUT2D eigenvalue weighted by molar-refractivity contribution is 0.297. The van der Waals surface area contributed by atoms with Gasteiger partial charge in [-0.15, -0.1) is 0 Å². The summed E-state index contributed by atoms with van der Waals surface area (Å²) < 4.78 is 35.4. The fourth-order valence-electron chi connectivity index (χ4n) is 2.76. The van der Waals surface area contributed by atoms with Gasteiger partial charge in [0.1, 0.15) is 0 Å². The molecule has 2 aliphatic rings. The topological polar surface area (TPSA) is 64.6 Å². The van der Waals surface area contributed by atoms with Gasteiger partial charge in [-0.2, -0.15) is 0 Å². The van der Waals surface area contributed by atoms with Crippen LogP contribution < -0.4 is 14.8 Å². The molecule has 1 aromatic carbocycles. The van der Waals surface area contributed by atoms with E-state index in [1.54, 1.807) is 0 Å². The highest BCUT2D eigenvalue weighted by atomic mass is 32.2. The third kappa shape index (κ3) is 3.49. The fraction of sp³-hybridized carbons (Fsp3) is 0.600. The first-order chi connectivity index (χ1) is 10.0. The van der Waals surface area contributed by atoms with Crippen LogP contribution in [0.4, 0.5) is 0 Å². The number of ether oxygens (including phenoxy) is 2. The Morgan fingerprint density at radius 1 is 1.19 bits per heavy atom. The quantitative estimate of drug-likeness (QED) is 0.855. The van der Waals surface area contributed by atoms with Gasteiger partial charge in [0.05, 0.1) is 24.7 Å². The zero-order valence-corrected chi connectivity index (χ0v) is 13.0. The van der Waals surface area contributed by atoms with E-state index in [4.69, 9.17) is 9.47 Å². The van der Waals surface area contributed by atoms with Crippen LogP contribution in [0.2, 0.25) is 0 Å². The maximum atomic E-state index is 12.0. The van der Waals surface area contributed by atoms with Crippen LogP contribution in [-0.2, 0) is 9.84 Å². The Labute approximate surface area is 125 Å². The van der Waals surface area contributed by atoms with E-state index in [1.165, 1.54) is 0 Å². The normalized spacial score (nSPS) is 28.4. The minimum Gasteiger partial charge on any atom is -0.490 e. The van der Waals surface area contributed by atoms with Crippen molar-refractivity contribution in [2.75, 3.05) is 24.7 Å². The molecule has 0 aromatic heterocycles. The third-order valence-corrected chi connectivity index (χ3v) is 5.64. The first kappa shape index (κ1) is 14.7. The maximum absolute atomic E-state index is 12.0. The van der Waals surface area contributed by atoms with Gasteiger partial charge in [-0.05, 0) is 31.0 Å². The Balaban J connectivity index is 1.90. The van der Waals surface area contributed by atoms with E-state index in [2.05, 4.69) is 5.32 Å². The number of sulfone groups is 1. The molecule has 2 atom stereocenters. The highest BCUT2D eigenvalue weighted by Crippen LogP contribution is 2.33. The van der Waals surface area contributed by atoms with Crippen molar-refractivity contribution in [3.63, 3.8) is 0 Å². The molecule has 0 aliphatic carbocycles. The zero-order valence-electron chi connectivity index (χ0n) is 12.2. The van der Waals surface area contributed by atoms with E-state index in [1.807, 2.05) is 25.1 Å². The Hall–Kier alpha value is -1.27. The van der Waals surface area contributed by atoms with Gasteiger partial charge in [0.25, 0.3) is 0 Å². The van der Waals surface area contributed by atoms with Crippen molar-refractivity contribution in [3.8, 4) is 11.5 Å². The molecule has 2 heterocycles. The average molecular weight is 311 g/mol. The molecule has 1 fully saturated rings. The third-order valence-electron chi connectivity index (χ3n) is 3.94. The average Bonchev–Trinajstić information content (AvgIpc) is 2.75. The summed E-state index contributed by atoms with van der Waals surface area (Å²) >= 11 is 0. The van der Waals surface area contributed by atoms with Gasteiger partial charge >= 0.3 is 0 Å². The molecule has 5 nitrogen and oxygen atoms in total. The molecule has 2 unspecified atom stereocenters. The fourth-order valence-corrected chi connectivity index (χ4v) is 4.43. The van der Waals surface area contributed by atoms with Crippen LogP contribution >= 0.6 is 0 Å². The van der Waals surface area contributed by atoms with Crippen LogP contribution in [0.3, 0.4) is 0 Å². The van der Waals surface area contributed by atoms with E-state index in [-0.39, 0.29) is 23.6 Å². The van der Waals surface area contributed by atoms with Crippen LogP contribution in [0.15, 0.2) is 18.2 Å². The van der Waals surface area contributed by atoms with Gasteiger partial charge in [-0.3, -0.25) is 0 Å². The summed E-state index contributed by atoms with van der Waals surface area (Å²) in [6.45, 7) is 3.31. The van der Waals surface area contributed by atoms with Crippen LogP contribution in [0, 0.1) is 0 Å². The number of hydrogen-bond acceptors (Lipinski definition) is 5. The van der Waals surface area contributed by atoms with Crippen LogP contribution in [-0.4, -0.2) is 39.2 Å². The Morgan fingerprint density at radius 2 is 1.95 bits per heavy atom. The molecule has 0 amide bonds. The molecule has 21 heavy (non-hydrogen) atoms. The van der Waals surface area contributed by atoms with Crippen molar-refractivity contribution in [2.24, 2.45) is 0 Å². The smallest absolute Gasteiger partial charge is 0.161 e. The van der Waals surface area contributed by atoms with Gasteiger partial charge in [0, 0.05) is 18.5 Å². The van der Waals surface area contributed by atoms with Gasteiger partial charge < -0.3 is 14.8 Å². The van der Waals surface area contributed by atoms with Crippen molar-refractivity contribution in [2.45, 2.75) is 31.8 Å². The minimum atomic E-state index is -3.01. The second-order valence-corrected chi connectivity index (χ2v) is 8.01. The first-order valence-electron chi connectivity index (χ1n) is 7.39. The summed E-state index contributed by atoms with van der Waals surface area (Å²) in [4.78, 5) is 0. The molecule has 0 spiro atoms. The maximum Gasteiger partial charge on any atom is 0.161 e. The van der Waals surface area contributed by atoms with E-state index in [0.717, 1.165) is 17.7 Å². The number of nitrogens with one attached hydrogen (secondary N) is 1. The van der Waals surface area contributed by atoms with Crippen molar-refractivity contribution < 1.29 is 17.9 Å². The van der Waals surface area contributed by atoms with E-state index < -0.39 is 9.84 Å². The molecule has 1 N–H and O–H groups in total. The van der Waals surface area contributed by atoms with Crippen molar-refractivity contribution >= 4 is 9.84 Å². The van der Waals surface area contributed by atoms with Crippen LogP contribution in [0.5, 0.6) is 11.5 Å². The highest BCUT2D eigenvalue weighted by molar-refractivity contribution is 7.91. The lowest BCUT2D eigenvalue weighted by Gasteiger charge is -2.20. The highest BCUT2D eigenvalue weighted by Gasteiger charge is 2.27. The summed E-state index contributed by atoms with van der Waals surface area (Å²) in [5.74, 6) is 1.83. The standard InChI is InChI=1S/C15H21NO4S/c1-11-5-8-21(17,18)10-13(16-11)12-3-4-14-15(9-12)20-7-2-6-19-14/h3-4,9,11,13,16H,2,5-8,10H2,1H3. The molecule has 1 aromatic rings. The van der Waals surface area contributed by atoms with Gasteiger partial charge in [0.2, 0.25) is 0 Å². The van der Waals surface area contributed by atoms with Gasteiger partial charge in [-0.1, -0.05) is 6.07 Å². The van der Waals surface area contributed by atoms with E-state index in [9.17, 15) is 8.42 Å². The predicted octanol–water partition coefficient (Wildman–Crippen LogP) is 1.69. The lowest BCUT2D eigenvalue weighted by Crippen LogP contribution is -2.31. The van der Waals surface area contributed by atoms with Gasteiger partial charge in [-0.25, -0.2) is 8.42 Å². The van der Waals surface area contributed by atoms with Gasteiger partial charge in [0.15, 0.2) is 21.3 Å². The molecule has 0 radical (unpaired) electrons. The molecule has 0 bridgehead atoms. The molecule has 3 rings (SSSR count). The second kappa shape index (κ2) is 5.85. The molecule has 1 saturated heterocycles. The Bertz CT molecular complexity index is 614. The summed E-state index contributed by atoms with van der Waals surface area (Å²) in [5.41, 5.74) is 0.941. The monoisotopic (exact) mass is 311 g/mol. The Morgan fingerprint density at radius 3 is 2.76 bits per heavy atom. The summed E-state index contributed by atoms with van der Waals surface area (Å²) in [5, 5.41) is 3.40. The first-order valence-corrected chi connectivity index (χ1v) is 9.22. The summed E-state index contributed by atoms with van der Waals surface area (Å²) in [6.07, 6.45) is 1.51. The summed E-state index contributed by atoms with van der Waals surface area (Å²) in [7, 11) is -3.01. The van der Waals surface area contributed by atoms with Crippen molar-refractivity contribution in [1.82, 2.24) is 5.32 Å². The molecular weight excluding hydrogens is 290 g/mol. The molecule has 6 heteroatoms. The van der Waals surface area contributed by atoms with E-state index >= 15 is 0 Å². The largest absolute Gasteiger partial charge is 0.490 e. The minimum absolute atomic E-state index is 0.136. The Kier molecular flexibility index (Phi) is 4.08. The summed E-state index contributed by atoms with van der Waals surface area (Å²) in [6, 6.07) is 5.71. The molecular formula is C15H21NO4S. The molecule has 0 saturated carbocycles. The van der Waals surface area contributed by atoms with Crippen LogP contribution in [0.25, 0.3) is 0 Å².